The third kappa shape index (κ3) is 5.73. The lowest BCUT2D eigenvalue weighted by molar-refractivity contribution is 0.794. The Labute approximate surface area is 410 Å². The van der Waals surface area contributed by atoms with Crippen LogP contribution in [0.5, 0.6) is 0 Å². The molecule has 0 unspecified atom stereocenters. The van der Waals surface area contributed by atoms with Crippen LogP contribution in [0.15, 0.2) is 243 Å². The minimum Gasteiger partial charge on any atom is -0.264 e. The first-order valence-electron chi connectivity index (χ1n) is 24.3. The Morgan fingerprint density at radius 1 is 0.268 bits per heavy atom. The van der Waals surface area contributed by atoms with Crippen molar-refractivity contribution in [2.24, 2.45) is 0 Å². The molecule has 0 bridgehead atoms. The lowest BCUT2D eigenvalue weighted by atomic mass is 9.70. The van der Waals surface area contributed by atoms with Crippen molar-refractivity contribution in [3.8, 4) is 78.7 Å². The summed E-state index contributed by atoms with van der Waals surface area (Å²) in [7, 11) is 0. The van der Waals surface area contributed by atoms with E-state index in [2.05, 4.69) is 211 Å². The SMILES string of the molecule is c1ccc(-c2nc(-c3cc(-c4cccnc4)cc(-c4cc5c6ccccc6c6ccccc6c5c5ccccc45)c3)nc(-c3cccc4c3-c3ccccc3C43c4ccccc4-c4ccccc43)n2)cc1. The van der Waals surface area contributed by atoms with Gasteiger partial charge in [0, 0.05) is 34.6 Å². The summed E-state index contributed by atoms with van der Waals surface area (Å²) < 4.78 is 0. The number of hydrogen-bond donors (Lipinski definition) is 0. The van der Waals surface area contributed by atoms with E-state index in [1.807, 2.05) is 36.7 Å². The minimum absolute atomic E-state index is 0.500. The van der Waals surface area contributed by atoms with Gasteiger partial charge in [0.25, 0.3) is 0 Å². The summed E-state index contributed by atoms with van der Waals surface area (Å²) >= 11 is 0. The Bertz CT molecular complexity index is 4300. The van der Waals surface area contributed by atoms with Crippen LogP contribution in [0.3, 0.4) is 0 Å². The second-order valence-electron chi connectivity index (χ2n) is 18.8. The van der Waals surface area contributed by atoms with Crippen molar-refractivity contribution in [2.75, 3.05) is 0 Å². The van der Waals surface area contributed by atoms with Crippen LogP contribution in [0.1, 0.15) is 22.3 Å². The summed E-state index contributed by atoms with van der Waals surface area (Å²) in [5.41, 5.74) is 16.5. The maximum absolute atomic E-state index is 5.57. The van der Waals surface area contributed by atoms with Crippen LogP contribution >= 0.6 is 0 Å². The Morgan fingerprint density at radius 3 is 1.44 bits per heavy atom. The molecular formula is C67H40N4. The van der Waals surface area contributed by atoms with Crippen LogP contribution < -0.4 is 0 Å². The second-order valence-corrected chi connectivity index (χ2v) is 18.8. The molecule has 2 aliphatic rings. The molecule has 0 saturated carbocycles. The molecule has 4 nitrogen and oxygen atoms in total. The lowest BCUT2D eigenvalue weighted by Gasteiger charge is -2.30. The van der Waals surface area contributed by atoms with E-state index in [0.717, 1.165) is 44.5 Å². The van der Waals surface area contributed by atoms with Gasteiger partial charge in [-0.05, 0) is 135 Å². The topological polar surface area (TPSA) is 51.6 Å². The van der Waals surface area contributed by atoms with Gasteiger partial charge < -0.3 is 0 Å². The van der Waals surface area contributed by atoms with E-state index in [9.17, 15) is 0 Å². The molecule has 0 N–H and O–H groups in total. The van der Waals surface area contributed by atoms with E-state index >= 15 is 0 Å². The fourth-order valence-electron chi connectivity index (χ4n) is 12.3. The van der Waals surface area contributed by atoms with Gasteiger partial charge in [0.05, 0.1) is 5.41 Å². The molecule has 71 heavy (non-hydrogen) atoms. The highest BCUT2D eigenvalue weighted by atomic mass is 15.0. The van der Waals surface area contributed by atoms with Crippen LogP contribution in [-0.2, 0) is 5.41 Å². The van der Waals surface area contributed by atoms with Crippen molar-refractivity contribution in [3.05, 3.63) is 265 Å². The molecule has 2 aliphatic carbocycles. The molecule has 0 saturated heterocycles. The van der Waals surface area contributed by atoms with Crippen LogP contribution in [0.4, 0.5) is 0 Å². The third-order valence-corrected chi connectivity index (χ3v) is 15.2. The highest BCUT2D eigenvalue weighted by molar-refractivity contribution is 6.33. The quantitative estimate of drug-likeness (QED) is 0.162. The molecule has 2 heterocycles. The fraction of sp³-hybridized carbons (Fsp3) is 0.0149. The summed E-state index contributed by atoms with van der Waals surface area (Å²) in [6.07, 6.45) is 3.77. The van der Waals surface area contributed by atoms with Gasteiger partial charge >= 0.3 is 0 Å². The summed E-state index contributed by atoms with van der Waals surface area (Å²) in [5.74, 6) is 1.83. The number of pyridine rings is 1. The summed E-state index contributed by atoms with van der Waals surface area (Å²) in [6.45, 7) is 0. The molecule has 0 radical (unpaired) electrons. The first kappa shape index (κ1) is 39.6. The molecule has 0 fully saturated rings. The highest BCUT2D eigenvalue weighted by Gasteiger charge is 2.52. The zero-order valence-corrected chi connectivity index (χ0v) is 38.4. The molecule has 13 aromatic rings. The van der Waals surface area contributed by atoms with Crippen molar-refractivity contribution in [3.63, 3.8) is 0 Å². The van der Waals surface area contributed by atoms with E-state index in [4.69, 9.17) is 15.0 Å². The third-order valence-electron chi connectivity index (χ3n) is 15.2. The maximum Gasteiger partial charge on any atom is 0.164 e. The fourth-order valence-corrected chi connectivity index (χ4v) is 12.3. The Morgan fingerprint density at radius 2 is 0.746 bits per heavy atom. The maximum atomic E-state index is 5.57. The number of nitrogens with zero attached hydrogens (tertiary/aromatic N) is 4. The molecule has 15 rings (SSSR count). The van der Waals surface area contributed by atoms with Crippen LogP contribution in [0.25, 0.3) is 122 Å². The van der Waals surface area contributed by atoms with Crippen molar-refractivity contribution in [1.82, 2.24) is 19.9 Å². The minimum atomic E-state index is -0.500. The molecular weight excluding hydrogens is 861 g/mol. The molecule has 0 amide bonds. The van der Waals surface area contributed by atoms with E-state index in [1.165, 1.54) is 82.0 Å². The number of fused-ring (bicyclic) bond motifs is 18. The predicted molar refractivity (Wildman–Crippen MR) is 291 cm³/mol. The van der Waals surface area contributed by atoms with Crippen LogP contribution in [-0.4, -0.2) is 19.9 Å². The van der Waals surface area contributed by atoms with Crippen LogP contribution in [0, 0.1) is 0 Å². The van der Waals surface area contributed by atoms with Gasteiger partial charge in [-0.2, -0.15) is 0 Å². The van der Waals surface area contributed by atoms with Crippen LogP contribution in [0.2, 0.25) is 0 Å². The number of aromatic nitrogens is 4. The highest BCUT2D eigenvalue weighted by Crippen LogP contribution is 2.64. The molecule has 2 aromatic heterocycles. The zero-order chi connectivity index (χ0) is 46.6. The number of rotatable bonds is 5. The predicted octanol–water partition coefficient (Wildman–Crippen LogP) is 16.6. The largest absolute Gasteiger partial charge is 0.264 e. The van der Waals surface area contributed by atoms with Gasteiger partial charge in [0.2, 0.25) is 0 Å². The smallest absolute Gasteiger partial charge is 0.164 e. The zero-order valence-electron chi connectivity index (χ0n) is 38.4. The van der Waals surface area contributed by atoms with E-state index in [1.54, 1.807) is 0 Å². The van der Waals surface area contributed by atoms with Crippen molar-refractivity contribution in [2.45, 2.75) is 5.41 Å². The van der Waals surface area contributed by atoms with Gasteiger partial charge in [0.1, 0.15) is 0 Å². The Balaban J connectivity index is 1.00. The normalized spacial score (nSPS) is 12.9. The summed E-state index contributed by atoms with van der Waals surface area (Å²) in [6, 6.07) is 83.6. The molecule has 11 aromatic carbocycles. The Hall–Kier alpha value is -9.38. The number of benzene rings is 11. The first-order valence-corrected chi connectivity index (χ1v) is 24.3. The molecule has 4 heteroatoms. The average Bonchev–Trinajstić information content (AvgIpc) is 3.93. The van der Waals surface area contributed by atoms with E-state index in [0.29, 0.717) is 17.5 Å². The standard InChI is InChI=1S/C67H40N4/c1-2-18-41(19-3-1)64-69-65(71-66(70-64)55-30-16-34-61-63(55)54-29-12-15-33-60(54)67(61)58-31-13-10-25-50(58)51-26-11-14-32-59(51)67)45-37-43(42-20-17-35-68-40-42)36-44(38-45)56-39-57-48-23-5-4-21-46(48)47-22-6-8-27-52(47)62(57)53-28-9-7-24-49(53)56/h1-40H. The molecule has 0 atom stereocenters. The van der Waals surface area contributed by atoms with Crippen molar-refractivity contribution < 1.29 is 0 Å². The van der Waals surface area contributed by atoms with Gasteiger partial charge in [-0.15, -0.1) is 0 Å². The van der Waals surface area contributed by atoms with E-state index in [-0.39, 0.29) is 0 Å². The van der Waals surface area contributed by atoms with Crippen molar-refractivity contribution >= 4 is 43.1 Å². The number of hydrogen-bond acceptors (Lipinski definition) is 4. The van der Waals surface area contributed by atoms with Gasteiger partial charge in [-0.3, -0.25) is 4.98 Å². The first-order chi connectivity index (χ1) is 35.2. The van der Waals surface area contributed by atoms with E-state index < -0.39 is 5.41 Å². The molecule has 1 spiro atoms. The monoisotopic (exact) mass is 900 g/mol. The van der Waals surface area contributed by atoms with Gasteiger partial charge in [-0.25, -0.2) is 15.0 Å². The summed E-state index contributed by atoms with van der Waals surface area (Å²) in [5, 5.41) is 9.87. The summed E-state index contributed by atoms with van der Waals surface area (Å²) in [4.78, 5) is 21.0. The lowest BCUT2D eigenvalue weighted by Crippen LogP contribution is -2.25. The molecule has 0 aliphatic heterocycles. The van der Waals surface area contributed by atoms with Gasteiger partial charge in [0.15, 0.2) is 17.5 Å². The van der Waals surface area contributed by atoms with Crippen molar-refractivity contribution in [1.29, 1.82) is 0 Å². The molecule has 328 valence electrons. The average molecular weight is 901 g/mol. The second kappa shape index (κ2) is 15.3. The Kier molecular flexibility index (Phi) is 8.54. The van der Waals surface area contributed by atoms with Gasteiger partial charge in [-0.1, -0.05) is 200 Å².